The number of nitrogens with two attached hydrogens (primary N) is 1. The Morgan fingerprint density at radius 3 is 2.81 bits per heavy atom. The first-order valence-electron chi connectivity index (χ1n) is 6.19. The summed E-state index contributed by atoms with van der Waals surface area (Å²) in [6.07, 6.45) is 1.68. The first-order valence-corrected chi connectivity index (χ1v) is 6.19. The van der Waals surface area contributed by atoms with Crippen molar-refractivity contribution in [1.82, 2.24) is 4.90 Å². The largest absolute Gasteiger partial charge is 0.373 e. The molecule has 0 bridgehead atoms. The number of ether oxygens (including phenoxy) is 1. The molecule has 1 aliphatic rings. The second-order valence-electron chi connectivity index (χ2n) is 4.83. The topological polar surface area (TPSA) is 55.6 Å². The van der Waals surface area contributed by atoms with Crippen molar-refractivity contribution >= 4 is 5.91 Å². The second-order valence-corrected chi connectivity index (χ2v) is 4.83. The summed E-state index contributed by atoms with van der Waals surface area (Å²) in [7, 11) is 0. The standard InChI is InChI=1S/C12H24N2O2/c1-4-9(2)7-12(15)14-5-6-16-11(8-14)10(3)13/h9-11H,4-8,13H2,1-3H3. The summed E-state index contributed by atoms with van der Waals surface area (Å²) < 4.78 is 5.53. The lowest BCUT2D eigenvalue weighted by molar-refractivity contribution is -0.140. The van der Waals surface area contributed by atoms with E-state index in [9.17, 15) is 4.79 Å². The normalized spacial score (nSPS) is 25.2. The summed E-state index contributed by atoms with van der Waals surface area (Å²) in [5.74, 6) is 0.701. The number of carbonyl (C=O) groups is 1. The van der Waals surface area contributed by atoms with Gasteiger partial charge in [-0.25, -0.2) is 0 Å². The van der Waals surface area contributed by atoms with E-state index in [0.717, 1.165) is 6.42 Å². The lowest BCUT2D eigenvalue weighted by atomic mass is 10.0. The highest BCUT2D eigenvalue weighted by atomic mass is 16.5. The molecule has 0 aromatic rings. The number of carbonyl (C=O) groups excluding carboxylic acids is 1. The van der Waals surface area contributed by atoms with Crippen molar-refractivity contribution in [1.29, 1.82) is 0 Å². The van der Waals surface area contributed by atoms with Crippen LogP contribution < -0.4 is 5.73 Å². The number of nitrogens with zero attached hydrogens (tertiary/aromatic N) is 1. The number of hydrogen-bond acceptors (Lipinski definition) is 3. The molecule has 1 fully saturated rings. The summed E-state index contributed by atoms with van der Waals surface area (Å²) in [6, 6.07) is -0.0146. The van der Waals surface area contributed by atoms with E-state index in [1.807, 2.05) is 11.8 Å². The van der Waals surface area contributed by atoms with Gasteiger partial charge in [0.2, 0.25) is 5.91 Å². The van der Waals surface area contributed by atoms with Gasteiger partial charge in [-0.15, -0.1) is 0 Å². The molecule has 1 amide bonds. The summed E-state index contributed by atoms with van der Waals surface area (Å²) in [4.78, 5) is 13.9. The van der Waals surface area contributed by atoms with Crippen LogP contribution in [0.5, 0.6) is 0 Å². The van der Waals surface area contributed by atoms with Gasteiger partial charge in [-0.3, -0.25) is 4.79 Å². The minimum atomic E-state index is -0.0146. The first kappa shape index (κ1) is 13.5. The van der Waals surface area contributed by atoms with Gasteiger partial charge < -0.3 is 15.4 Å². The van der Waals surface area contributed by atoms with Crippen LogP contribution in [0, 0.1) is 5.92 Å². The Morgan fingerprint density at radius 1 is 1.56 bits per heavy atom. The number of hydrogen-bond donors (Lipinski definition) is 1. The van der Waals surface area contributed by atoms with Crippen LogP contribution in [0.25, 0.3) is 0 Å². The van der Waals surface area contributed by atoms with Crippen molar-refractivity contribution in [3.05, 3.63) is 0 Å². The Morgan fingerprint density at radius 2 is 2.25 bits per heavy atom. The summed E-state index contributed by atoms with van der Waals surface area (Å²) >= 11 is 0. The van der Waals surface area contributed by atoms with Gasteiger partial charge in [-0.05, 0) is 12.8 Å². The predicted octanol–water partition coefficient (Wildman–Crippen LogP) is 0.997. The maximum atomic E-state index is 12.0. The van der Waals surface area contributed by atoms with E-state index in [1.54, 1.807) is 0 Å². The van der Waals surface area contributed by atoms with Crippen LogP contribution in [0.3, 0.4) is 0 Å². The van der Waals surface area contributed by atoms with Crippen LogP contribution in [0.1, 0.15) is 33.6 Å². The first-order chi connectivity index (χ1) is 7.54. The van der Waals surface area contributed by atoms with Crippen molar-refractivity contribution in [2.45, 2.75) is 45.8 Å². The molecular formula is C12H24N2O2. The molecule has 0 saturated carbocycles. The quantitative estimate of drug-likeness (QED) is 0.781. The Labute approximate surface area is 98.1 Å². The van der Waals surface area contributed by atoms with Crippen LogP contribution in [-0.2, 0) is 9.53 Å². The lowest BCUT2D eigenvalue weighted by Crippen LogP contribution is -2.51. The molecule has 1 saturated heterocycles. The molecule has 0 aromatic heterocycles. The zero-order valence-corrected chi connectivity index (χ0v) is 10.6. The third-order valence-electron chi connectivity index (χ3n) is 3.25. The Bertz CT molecular complexity index is 231. The Hall–Kier alpha value is -0.610. The van der Waals surface area contributed by atoms with E-state index in [-0.39, 0.29) is 18.1 Å². The highest BCUT2D eigenvalue weighted by Crippen LogP contribution is 2.13. The van der Waals surface area contributed by atoms with Crippen molar-refractivity contribution < 1.29 is 9.53 Å². The number of morpholine rings is 1. The van der Waals surface area contributed by atoms with E-state index >= 15 is 0 Å². The third kappa shape index (κ3) is 3.76. The number of rotatable bonds is 4. The Kier molecular flexibility index (Phi) is 5.22. The van der Waals surface area contributed by atoms with Crippen LogP contribution in [-0.4, -0.2) is 42.6 Å². The van der Waals surface area contributed by atoms with E-state index < -0.39 is 0 Å². The monoisotopic (exact) mass is 228 g/mol. The average Bonchev–Trinajstić information content (AvgIpc) is 2.28. The maximum absolute atomic E-state index is 12.0. The molecule has 3 unspecified atom stereocenters. The van der Waals surface area contributed by atoms with E-state index in [2.05, 4.69) is 13.8 Å². The molecule has 1 rings (SSSR count). The molecule has 4 nitrogen and oxygen atoms in total. The van der Waals surface area contributed by atoms with Crippen LogP contribution in [0.15, 0.2) is 0 Å². The second kappa shape index (κ2) is 6.21. The van der Waals surface area contributed by atoms with Gasteiger partial charge in [0.25, 0.3) is 0 Å². The fourth-order valence-corrected chi connectivity index (χ4v) is 1.79. The highest BCUT2D eigenvalue weighted by molar-refractivity contribution is 5.76. The molecule has 0 aromatic carbocycles. The van der Waals surface area contributed by atoms with Gasteiger partial charge in [-0.1, -0.05) is 20.3 Å². The minimum Gasteiger partial charge on any atom is -0.373 e. The molecule has 1 aliphatic heterocycles. The smallest absolute Gasteiger partial charge is 0.223 e. The SMILES string of the molecule is CCC(C)CC(=O)N1CCOC(C(C)N)C1. The molecule has 0 radical (unpaired) electrons. The van der Waals surface area contributed by atoms with Gasteiger partial charge in [0, 0.05) is 25.6 Å². The summed E-state index contributed by atoms with van der Waals surface area (Å²) in [6.45, 7) is 8.11. The maximum Gasteiger partial charge on any atom is 0.223 e. The zero-order chi connectivity index (χ0) is 12.1. The van der Waals surface area contributed by atoms with Gasteiger partial charge in [0.05, 0.1) is 12.7 Å². The van der Waals surface area contributed by atoms with Crippen molar-refractivity contribution in [2.75, 3.05) is 19.7 Å². The third-order valence-corrected chi connectivity index (χ3v) is 3.25. The van der Waals surface area contributed by atoms with E-state index in [4.69, 9.17) is 10.5 Å². The molecule has 3 atom stereocenters. The molecule has 4 heteroatoms. The highest BCUT2D eigenvalue weighted by Gasteiger charge is 2.26. The van der Waals surface area contributed by atoms with Crippen molar-refractivity contribution in [2.24, 2.45) is 11.7 Å². The molecule has 94 valence electrons. The van der Waals surface area contributed by atoms with Gasteiger partial charge in [0.1, 0.15) is 0 Å². The minimum absolute atomic E-state index is 0.00497. The van der Waals surface area contributed by atoms with Gasteiger partial charge in [0.15, 0.2) is 0 Å². The van der Waals surface area contributed by atoms with Crippen LogP contribution in [0.2, 0.25) is 0 Å². The van der Waals surface area contributed by atoms with Crippen LogP contribution >= 0.6 is 0 Å². The van der Waals surface area contributed by atoms with E-state index in [1.165, 1.54) is 0 Å². The average molecular weight is 228 g/mol. The van der Waals surface area contributed by atoms with Crippen LogP contribution in [0.4, 0.5) is 0 Å². The Balaban J connectivity index is 2.44. The fourth-order valence-electron chi connectivity index (χ4n) is 1.79. The van der Waals surface area contributed by atoms with Crippen molar-refractivity contribution in [3.8, 4) is 0 Å². The molecular weight excluding hydrogens is 204 g/mol. The molecule has 16 heavy (non-hydrogen) atoms. The fraction of sp³-hybridized carbons (Fsp3) is 0.917. The molecule has 0 spiro atoms. The van der Waals surface area contributed by atoms with E-state index in [0.29, 0.717) is 32.0 Å². The lowest BCUT2D eigenvalue weighted by Gasteiger charge is -2.35. The molecule has 2 N–H and O–H groups in total. The van der Waals surface area contributed by atoms with Gasteiger partial charge in [-0.2, -0.15) is 0 Å². The summed E-state index contributed by atoms with van der Waals surface area (Å²) in [5, 5.41) is 0. The summed E-state index contributed by atoms with van der Waals surface area (Å²) in [5.41, 5.74) is 5.79. The van der Waals surface area contributed by atoms with Crippen molar-refractivity contribution in [3.63, 3.8) is 0 Å². The zero-order valence-electron chi connectivity index (χ0n) is 10.6. The molecule has 1 heterocycles. The number of amides is 1. The molecule has 0 aliphatic carbocycles. The van der Waals surface area contributed by atoms with Gasteiger partial charge >= 0.3 is 0 Å². The predicted molar refractivity (Wildman–Crippen MR) is 64.0 cm³/mol.